The minimum atomic E-state index is -0.498. The van der Waals surface area contributed by atoms with Crippen LogP contribution in [-0.2, 0) is 0 Å². The van der Waals surface area contributed by atoms with Crippen LogP contribution in [0.4, 0.5) is 5.69 Å². The van der Waals surface area contributed by atoms with E-state index in [1.807, 2.05) is 0 Å². The molecule has 0 saturated carbocycles. The third kappa shape index (κ3) is 3.72. The number of phenols is 1. The van der Waals surface area contributed by atoms with Gasteiger partial charge in [0.1, 0.15) is 11.6 Å². The van der Waals surface area contributed by atoms with Crippen LogP contribution < -0.4 is 5.56 Å². The van der Waals surface area contributed by atoms with Crippen molar-refractivity contribution in [3.63, 3.8) is 0 Å². The molecule has 148 valence electrons. The van der Waals surface area contributed by atoms with Gasteiger partial charge in [-0.25, -0.2) is 4.98 Å². The number of benzene rings is 3. The van der Waals surface area contributed by atoms with Crippen molar-refractivity contribution >= 4 is 44.7 Å². The predicted molar refractivity (Wildman–Crippen MR) is 119 cm³/mol. The summed E-state index contributed by atoms with van der Waals surface area (Å²) < 4.78 is 2.18. The largest absolute Gasteiger partial charge is 0.507 e. The molecule has 0 atom stereocenters. The predicted octanol–water partition coefficient (Wildman–Crippen LogP) is 4.93. The van der Waals surface area contributed by atoms with E-state index < -0.39 is 4.92 Å². The Morgan fingerprint density at radius 3 is 2.50 bits per heavy atom. The molecule has 4 rings (SSSR count). The average Bonchev–Trinajstić information content (AvgIpc) is 2.74. The zero-order chi connectivity index (χ0) is 21.3. The second-order valence-electron chi connectivity index (χ2n) is 6.44. The Labute approximate surface area is 178 Å². The number of non-ortho nitro benzene ring substituents is 1. The van der Waals surface area contributed by atoms with E-state index in [9.17, 15) is 20.0 Å². The number of nitro benzene ring substituents is 1. The maximum Gasteiger partial charge on any atom is 0.269 e. The zero-order valence-electron chi connectivity index (χ0n) is 15.4. The zero-order valence-corrected chi connectivity index (χ0v) is 17.0. The van der Waals surface area contributed by atoms with E-state index in [4.69, 9.17) is 0 Å². The van der Waals surface area contributed by atoms with Gasteiger partial charge in [0.2, 0.25) is 0 Å². The molecule has 1 heterocycles. The van der Waals surface area contributed by atoms with Gasteiger partial charge in [-0.2, -0.15) is 0 Å². The van der Waals surface area contributed by atoms with E-state index >= 15 is 0 Å². The molecule has 8 heteroatoms. The van der Waals surface area contributed by atoms with Gasteiger partial charge < -0.3 is 5.11 Å². The first-order valence-corrected chi connectivity index (χ1v) is 9.66. The Bertz CT molecular complexity index is 1360. The van der Waals surface area contributed by atoms with E-state index in [-0.39, 0.29) is 17.0 Å². The minimum Gasteiger partial charge on any atom is -0.507 e. The highest BCUT2D eigenvalue weighted by atomic mass is 79.9. The Morgan fingerprint density at radius 2 is 1.77 bits per heavy atom. The maximum atomic E-state index is 13.2. The average molecular weight is 464 g/mol. The summed E-state index contributed by atoms with van der Waals surface area (Å²) in [5.74, 6) is 0.409. The quantitative estimate of drug-likeness (QED) is 0.341. The molecule has 0 radical (unpaired) electrons. The summed E-state index contributed by atoms with van der Waals surface area (Å²) in [5, 5.41) is 21.5. The topological polar surface area (TPSA) is 98.3 Å². The lowest BCUT2D eigenvalue weighted by atomic mass is 10.1. The molecule has 4 aromatic rings. The molecule has 0 spiro atoms. The first-order chi connectivity index (χ1) is 14.4. The Balaban J connectivity index is 1.92. The van der Waals surface area contributed by atoms with Crippen molar-refractivity contribution in [2.24, 2.45) is 0 Å². The fourth-order valence-electron chi connectivity index (χ4n) is 3.06. The summed E-state index contributed by atoms with van der Waals surface area (Å²) in [6.45, 7) is 0. The van der Waals surface area contributed by atoms with Gasteiger partial charge in [-0.15, -0.1) is 0 Å². The Morgan fingerprint density at radius 1 is 1.03 bits per heavy atom. The summed E-state index contributed by atoms with van der Waals surface area (Å²) >= 11 is 3.37. The van der Waals surface area contributed by atoms with Crippen molar-refractivity contribution in [2.45, 2.75) is 0 Å². The molecule has 0 aliphatic carbocycles. The summed E-state index contributed by atoms with van der Waals surface area (Å²) in [7, 11) is 0. The van der Waals surface area contributed by atoms with Crippen LogP contribution in [-0.4, -0.2) is 19.6 Å². The molecular formula is C22H14BrN3O4. The summed E-state index contributed by atoms with van der Waals surface area (Å²) in [4.78, 5) is 28.2. The SMILES string of the molecule is O=c1c2ccccc2nc(/C=C/c2cc(Br)ccc2O)n1-c1ccc([N+](=O)[O-])cc1. The van der Waals surface area contributed by atoms with Crippen LogP contribution in [0.25, 0.3) is 28.7 Å². The molecule has 0 aliphatic heterocycles. The summed E-state index contributed by atoms with van der Waals surface area (Å²) in [6.07, 6.45) is 3.27. The minimum absolute atomic E-state index is 0.0725. The van der Waals surface area contributed by atoms with Crippen LogP contribution in [0.15, 0.2) is 76.0 Å². The molecule has 0 aliphatic rings. The molecule has 1 N–H and O–H groups in total. The molecule has 3 aromatic carbocycles. The number of nitro groups is 1. The number of para-hydroxylation sites is 1. The van der Waals surface area contributed by atoms with Crippen LogP contribution >= 0.6 is 15.9 Å². The van der Waals surface area contributed by atoms with Gasteiger partial charge in [-0.05, 0) is 54.6 Å². The summed E-state index contributed by atoms with van der Waals surface area (Å²) in [6, 6.07) is 17.7. The normalized spacial score (nSPS) is 11.2. The Hall–Kier alpha value is -3.78. The van der Waals surface area contributed by atoms with Gasteiger partial charge in [-0.1, -0.05) is 28.1 Å². The van der Waals surface area contributed by atoms with Gasteiger partial charge in [0.15, 0.2) is 0 Å². The number of rotatable bonds is 4. The number of hydrogen-bond donors (Lipinski definition) is 1. The first kappa shape index (κ1) is 19.5. The second-order valence-corrected chi connectivity index (χ2v) is 7.35. The van der Waals surface area contributed by atoms with E-state index in [0.717, 1.165) is 4.47 Å². The standard InChI is InChI=1S/C22H14BrN3O4/c23-15-6-11-20(27)14(13-15)5-12-21-24-19-4-2-1-3-18(19)22(28)25(21)16-7-9-17(10-8-16)26(29)30/h1-13,27H/b12-5+. The van der Waals surface area contributed by atoms with Gasteiger partial charge in [-0.3, -0.25) is 19.5 Å². The number of phenolic OH excluding ortho intramolecular Hbond substituents is 1. The van der Waals surface area contributed by atoms with Gasteiger partial charge in [0, 0.05) is 22.2 Å². The van der Waals surface area contributed by atoms with E-state index in [2.05, 4.69) is 20.9 Å². The van der Waals surface area contributed by atoms with E-state index in [1.165, 1.54) is 28.8 Å². The maximum absolute atomic E-state index is 13.2. The lowest BCUT2D eigenvalue weighted by molar-refractivity contribution is -0.384. The Kier molecular flexibility index (Phi) is 5.16. The second kappa shape index (κ2) is 7.92. The summed E-state index contributed by atoms with van der Waals surface area (Å²) in [5.41, 5.74) is 1.15. The first-order valence-electron chi connectivity index (χ1n) is 8.87. The van der Waals surface area contributed by atoms with Crippen molar-refractivity contribution < 1.29 is 10.0 Å². The molecule has 7 nitrogen and oxygen atoms in total. The van der Waals surface area contributed by atoms with Crippen molar-refractivity contribution in [2.75, 3.05) is 0 Å². The monoisotopic (exact) mass is 463 g/mol. The molecule has 0 bridgehead atoms. The van der Waals surface area contributed by atoms with E-state index in [1.54, 1.807) is 54.6 Å². The molecule has 0 unspecified atom stereocenters. The molecule has 0 fully saturated rings. The van der Waals surface area contributed by atoms with Crippen molar-refractivity contribution in [3.05, 3.63) is 103 Å². The fourth-order valence-corrected chi connectivity index (χ4v) is 3.44. The molecule has 0 amide bonds. The van der Waals surface area contributed by atoms with E-state index in [0.29, 0.717) is 28.0 Å². The molecule has 30 heavy (non-hydrogen) atoms. The highest BCUT2D eigenvalue weighted by Gasteiger charge is 2.13. The number of nitrogens with zero attached hydrogens (tertiary/aromatic N) is 3. The van der Waals surface area contributed by atoms with Crippen LogP contribution in [0.5, 0.6) is 5.75 Å². The molecule has 0 saturated heterocycles. The smallest absolute Gasteiger partial charge is 0.269 e. The third-order valence-corrected chi connectivity index (χ3v) is 5.02. The number of aromatic nitrogens is 2. The van der Waals surface area contributed by atoms with Gasteiger partial charge in [0.25, 0.3) is 11.2 Å². The third-order valence-electron chi connectivity index (χ3n) is 4.52. The number of halogens is 1. The molecular weight excluding hydrogens is 450 g/mol. The lowest BCUT2D eigenvalue weighted by Gasteiger charge is -2.11. The highest BCUT2D eigenvalue weighted by Crippen LogP contribution is 2.24. The van der Waals surface area contributed by atoms with Crippen LogP contribution in [0, 0.1) is 10.1 Å². The number of hydrogen-bond acceptors (Lipinski definition) is 5. The number of aromatic hydroxyl groups is 1. The van der Waals surface area contributed by atoms with Crippen molar-refractivity contribution in [1.82, 2.24) is 9.55 Å². The van der Waals surface area contributed by atoms with Gasteiger partial charge >= 0.3 is 0 Å². The van der Waals surface area contributed by atoms with Crippen LogP contribution in [0.1, 0.15) is 11.4 Å². The lowest BCUT2D eigenvalue weighted by Crippen LogP contribution is -2.22. The van der Waals surface area contributed by atoms with Crippen molar-refractivity contribution in [3.8, 4) is 11.4 Å². The van der Waals surface area contributed by atoms with Gasteiger partial charge in [0.05, 0.1) is 21.5 Å². The van der Waals surface area contributed by atoms with Crippen LogP contribution in [0.2, 0.25) is 0 Å². The highest BCUT2D eigenvalue weighted by molar-refractivity contribution is 9.10. The number of fused-ring (bicyclic) bond motifs is 1. The van der Waals surface area contributed by atoms with Crippen molar-refractivity contribution in [1.29, 1.82) is 0 Å². The fraction of sp³-hybridized carbons (Fsp3) is 0. The molecule has 1 aromatic heterocycles. The van der Waals surface area contributed by atoms with Crippen LogP contribution in [0.3, 0.4) is 0 Å².